The summed E-state index contributed by atoms with van der Waals surface area (Å²) in [6.45, 7) is 1.20. The van der Waals surface area contributed by atoms with Crippen molar-refractivity contribution in [2.75, 3.05) is 18.9 Å². The van der Waals surface area contributed by atoms with Crippen LogP contribution in [0.5, 0.6) is 0 Å². The van der Waals surface area contributed by atoms with Crippen LogP contribution in [0.4, 0.5) is 10.1 Å². The Balaban J connectivity index is 1.96. The molecule has 0 aliphatic rings. The van der Waals surface area contributed by atoms with Gasteiger partial charge in [0.05, 0.1) is 19.0 Å². The van der Waals surface area contributed by atoms with Crippen molar-refractivity contribution in [3.05, 3.63) is 66.0 Å². The Morgan fingerprint density at radius 3 is 2.41 bits per heavy atom. The molecule has 0 aliphatic heterocycles. The second-order valence-electron chi connectivity index (χ2n) is 6.18. The van der Waals surface area contributed by atoms with Crippen LogP contribution in [0.1, 0.15) is 24.9 Å². The number of carbonyl (C=O) groups is 3. The molecule has 2 aromatic carbocycles. The van der Waals surface area contributed by atoms with Crippen molar-refractivity contribution < 1.29 is 18.8 Å². The number of hydrogen-bond acceptors (Lipinski definition) is 3. The first-order valence-electron chi connectivity index (χ1n) is 8.46. The summed E-state index contributed by atoms with van der Waals surface area (Å²) in [5.74, 6) is -1.44. The first kappa shape index (κ1) is 20.1. The lowest BCUT2D eigenvalue weighted by molar-refractivity contribution is -0.134. The molecule has 27 heavy (non-hydrogen) atoms. The molecular weight excluding hydrogens is 349 g/mol. The number of halogens is 1. The van der Waals surface area contributed by atoms with Crippen molar-refractivity contribution in [3.63, 3.8) is 0 Å². The molecule has 0 heterocycles. The van der Waals surface area contributed by atoms with Crippen LogP contribution in [-0.4, -0.2) is 36.2 Å². The van der Waals surface area contributed by atoms with Crippen LogP contribution in [-0.2, 0) is 14.4 Å². The highest BCUT2D eigenvalue weighted by Gasteiger charge is 2.20. The number of amides is 3. The molecule has 2 aromatic rings. The molecule has 142 valence electrons. The number of benzene rings is 2. The highest BCUT2D eigenvalue weighted by molar-refractivity contribution is 5.94. The second kappa shape index (κ2) is 9.47. The third kappa shape index (κ3) is 6.54. The van der Waals surface area contributed by atoms with E-state index in [9.17, 15) is 18.8 Å². The van der Waals surface area contributed by atoms with E-state index in [1.165, 1.54) is 37.1 Å². The quantitative estimate of drug-likeness (QED) is 0.785. The predicted molar refractivity (Wildman–Crippen MR) is 100 cm³/mol. The van der Waals surface area contributed by atoms with Crippen LogP contribution < -0.4 is 10.6 Å². The van der Waals surface area contributed by atoms with Gasteiger partial charge < -0.3 is 15.5 Å². The molecule has 0 radical (unpaired) electrons. The Morgan fingerprint density at radius 1 is 1.07 bits per heavy atom. The molecule has 0 unspecified atom stereocenters. The van der Waals surface area contributed by atoms with Crippen LogP contribution in [0.2, 0.25) is 0 Å². The largest absolute Gasteiger partial charge is 0.349 e. The Labute approximate surface area is 157 Å². The Hall–Kier alpha value is -3.22. The monoisotopic (exact) mass is 371 g/mol. The molecular formula is C20H22FN3O3. The van der Waals surface area contributed by atoms with Crippen LogP contribution in [0.3, 0.4) is 0 Å². The SMILES string of the molecule is CC(=O)N[C@H](CC(=O)N(C)CC(=O)Nc1cccc(F)c1)c1ccccc1. The van der Waals surface area contributed by atoms with E-state index in [4.69, 9.17) is 0 Å². The topological polar surface area (TPSA) is 78.5 Å². The lowest BCUT2D eigenvalue weighted by atomic mass is 10.0. The standard InChI is InChI=1S/C20H22FN3O3/c1-14(25)22-18(15-7-4-3-5-8-15)12-20(27)24(2)13-19(26)23-17-10-6-9-16(21)11-17/h3-11,18H,12-13H2,1-2H3,(H,22,25)(H,23,26)/t18-/m1/s1. The Morgan fingerprint density at radius 2 is 1.78 bits per heavy atom. The summed E-state index contributed by atoms with van der Waals surface area (Å²) in [6, 6.07) is 14.2. The maximum atomic E-state index is 13.2. The number of anilines is 1. The van der Waals surface area contributed by atoms with Gasteiger partial charge in [0.1, 0.15) is 5.82 Å². The lowest BCUT2D eigenvalue weighted by Gasteiger charge is -2.22. The van der Waals surface area contributed by atoms with E-state index >= 15 is 0 Å². The smallest absolute Gasteiger partial charge is 0.243 e. The van der Waals surface area contributed by atoms with Gasteiger partial charge in [0.15, 0.2) is 0 Å². The zero-order valence-electron chi connectivity index (χ0n) is 15.2. The summed E-state index contributed by atoms with van der Waals surface area (Å²) in [5, 5.41) is 5.30. The van der Waals surface area contributed by atoms with Gasteiger partial charge >= 0.3 is 0 Å². The normalized spacial score (nSPS) is 11.4. The van der Waals surface area contributed by atoms with E-state index in [-0.39, 0.29) is 24.8 Å². The Bertz CT molecular complexity index is 811. The van der Waals surface area contributed by atoms with Crippen LogP contribution >= 0.6 is 0 Å². The first-order valence-corrected chi connectivity index (χ1v) is 8.46. The van der Waals surface area contributed by atoms with E-state index < -0.39 is 17.8 Å². The summed E-state index contributed by atoms with van der Waals surface area (Å²) in [5.41, 5.74) is 1.12. The number of hydrogen-bond donors (Lipinski definition) is 2. The van der Waals surface area contributed by atoms with Gasteiger partial charge in [-0.15, -0.1) is 0 Å². The van der Waals surface area contributed by atoms with Gasteiger partial charge in [0, 0.05) is 19.7 Å². The molecule has 2 N–H and O–H groups in total. The Kier molecular flexibility index (Phi) is 7.05. The first-order chi connectivity index (χ1) is 12.8. The number of nitrogens with one attached hydrogen (secondary N) is 2. The fourth-order valence-electron chi connectivity index (χ4n) is 2.58. The summed E-state index contributed by atoms with van der Waals surface area (Å²) >= 11 is 0. The molecule has 6 nitrogen and oxygen atoms in total. The molecule has 2 rings (SSSR count). The number of rotatable bonds is 7. The molecule has 0 fully saturated rings. The van der Waals surface area contributed by atoms with Crippen molar-refractivity contribution in [2.24, 2.45) is 0 Å². The molecule has 0 bridgehead atoms. The third-order valence-corrected chi connectivity index (χ3v) is 3.87. The second-order valence-corrected chi connectivity index (χ2v) is 6.18. The van der Waals surface area contributed by atoms with E-state index in [2.05, 4.69) is 10.6 Å². The minimum Gasteiger partial charge on any atom is -0.349 e. The number of carbonyl (C=O) groups excluding carboxylic acids is 3. The predicted octanol–water partition coefficient (Wildman–Crippen LogP) is 2.49. The summed E-state index contributed by atoms with van der Waals surface area (Å²) in [6.07, 6.45) is 0.0212. The molecule has 0 saturated carbocycles. The van der Waals surface area contributed by atoms with Crippen LogP contribution in [0.15, 0.2) is 54.6 Å². The highest BCUT2D eigenvalue weighted by atomic mass is 19.1. The minimum atomic E-state index is -0.482. The van der Waals surface area contributed by atoms with Crippen molar-refractivity contribution >= 4 is 23.4 Å². The van der Waals surface area contributed by atoms with Gasteiger partial charge in [-0.3, -0.25) is 14.4 Å². The maximum Gasteiger partial charge on any atom is 0.243 e. The molecule has 1 atom stereocenters. The fourth-order valence-corrected chi connectivity index (χ4v) is 2.58. The van der Waals surface area contributed by atoms with Gasteiger partial charge in [-0.1, -0.05) is 36.4 Å². The average molecular weight is 371 g/mol. The molecule has 7 heteroatoms. The van der Waals surface area contributed by atoms with E-state index in [0.29, 0.717) is 5.69 Å². The van der Waals surface area contributed by atoms with Crippen molar-refractivity contribution in [2.45, 2.75) is 19.4 Å². The van der Waals surface area contributed by atoms with Crippen molar-refractivity contribution in [1.82, 2.24) is 10.2 Å². The molecule has 3 amide bonds. The molecule has 0 aromatic heterocycles. The zero-order chi connectivity index (χ0) is 19.8. The third-order valence-electron chi connectivity index (χ3n) is 3.87. The number of likely N-dealkylation sites (N-methyl/N-ethyl adjacent to an activating group) is 1. The van der Waals surface area contributed by atoms with Gasteiger partial charge in [0.2, 0.25) is 17.7 Å². The van der Waals surface area contributed by atoms with Crippen LogP contribution in [0.25, 0.3) is 0 Å². The number of nitrogens with zero attached hydrogens (tertiary/aromatic N) is 1. The lowest BCUT2D eigenvalue weighted by Crippen LogP contribution is -2.38. The zero-order valence-corrected chi connectivity index (χ0v) is 15.2. The van der Waals surface area contributed by atoms with E-state index in [1.54, 1.807) is 6.07 Å². The van der Waals surface area contributed by atoms with Gasteiger partial charge in [-0.25, -0.2) is 4.39 Å². The molecule has 0 aliphatic carbocycles. The highest BCUT2D eigenvalue weighted by Crippen LogP contribution is 2.17. The maximum absolute atomic E-state index is 13.2. The summed E-state index contributed by atoms with van der Waals surface area (Å²) in [7, 11) is 1.50. The fraction of sp³-hybridized carbons (Fsp3) is 0.250. The van der Waals surface area contributed by atoms with Crippen molar-refractivity contribution in [1.29, 1.82) is 0 Å². The molecule has 0 spiro atoms. The van der Waals surface area contributed by atoms with E-state index in [1.807, 2.05) is 30.3 Å². The van der Waals surface area contributed by atoms with E-state index in [0.717, 1.165) is 5.56 Å². The average Bonchev–Trinajstić information content (AvgIpc) is 2.61. The van der Waals surface area contributed by atoms with Gasteiger partial charge in [-0.2, -0.15) is 0 Å². The molecule has 0 saturated heterocycles. The minimum absolute atomic E-state index is 0.0212. The van der Waals surface area contributed by atoms with Gasteiger partial charge in [0.25, 0.3) is 0 Å². The van der Waals surface area contributed by atoms with Crippen molar-refractivity contribution in [3.8, 4) is 0 Å². The summed E-state index contributed by atoms with van der Waals surface area (Å²) in [4.78, 5) is 37.3. The van der Waals surface area contributed by atoms with Gasteiger partial charge in [-0.05, 0) is 23.8 Å². The summed E-state index contributed by atoms with van der Waals surface area (Å²) < 4.78 is 13.2. The van der Waals surface area contributed by atoms with Crippen LogP contribution in [0, 0.1) is 5.82 Å².